The lowest BCUT2D eigenvalue weighted by Crippen LogP contribution is -2.43. The van der Waals surface area contributed by atoms with E-state index < -0.39 is 0 Å². The Balaban J connectivity index is 2.43. The zero-order chi connectivity index (χ0) is 18.5. The fourth-order valence-electron chi connectivity index (χ4n) is 4.09. The van der Waals surface area contributed by atoms with E-state index in [1.807, 2.05) is 6.08 Å². The van der Waals surface area contributed by atoms with Crippen molar-refractivity contribution in [3.05, 3.63) is 120 Å². The van der Waals surface area contributed by atoms with E-state index in [9.17, 15) is 0 Å². The van der Waals surface area contributed by atoms with Crippen LogP contribution in [-0.4, -0.2) is 6.21 Å². The van der Waals surface area contributed by atoms with Crippen molar-refractivity contribution in [2.45, 2.75) is 19.3 Å². The summed E-state index contributed by atoms with van der Waals surface area (Å²) in [6.07, 6.45) is 5.34. The Bertz CT molecular complexity index is 765. The van der Waals surface area contributed by atoms with Crippen LogP contribution >= 0.6 is 0 Å². The molecule has 0 amide bonds. The zero-order valence-electron chi connectivity index (χ0n) is 15.4. The minimum Gasteiger partial charge on any atom is -0.309 e. The lowest BCUT2D eigenvalue weighted by atomic mass is 9.55. The van der Waals surface area contributed by atoms with E-state index >= 15 is 0 Å². The first-order valence-corrected chi connectivity index (χ1v) is 8.98. The molecule has 1 nitrogen and oxygen atoms in total. The number of allylic oxidation sites excluding steroid dienone is 2. The highest BCUT2D eigenvalue weighted by molar-refractivity contribution is 5.68. The van der Waals surface area contributed by atoms with E-state index in [0.29, 0.717) is 0 Å². The molecule has 1 heteroatoms. The monoisotopic (exact) mass is 339 g/mol. The van der Waals surface area contributed by atoms with Gasteiger partial charge in [-0.05, 0) is 22.8 Å². The first kappa shape index (κ1) is 17.9. The molecule has 0 saturated heterocycles. The summed E-state index contributed by atoms with van der Waals surface area (Å²) in [4.78, 5) is 0. The number of hydrogen-bond acceptors (Lipinski definition) is 1. The molecular weight excluding hydrogens is 314 g/mol. The molecule has 0 bridgehead atoms. The van der Waals surface area contributed by atoms with Crippen LogP contribution in [0.5, 0.6) is 0 Å². The summed E-state index contributed by atoms with van der Waals surface area (Å²) in [6, 6.07) is 32.1. The van der Waals surface area contributed by atoms with Gasteiger partial charge < -0.3 is 5.41 Å². The SMILES string of the molecule is CC(C)(/C=C\C=N)C(c1ccccc1)(c1ccccc1)c1ccccc1. The molecular formula is C25H25N. The topological polar surface area (TPSA) is 23.9 Å². The average Bonchev–Trinajstić information content (AvgIpc) is 2.69. The van der Waals surface area contributed by atoms with Crippen LogP contribution in [0.2, 0.25) is 0 Å². The third-order valence-electron chi connectivity index (χ3n) is 5.20. The van der Waals surface area contributed by atoms with Crippen molar-refractivity contribution in [3.63, 3.8) is 0 Å². The third kappa shape index (κ3) is 3.01. The molecule has 0 atom stereocenters. The molecule has 3 aromatic rings. The molecule has 3 rings (SSSR count). The van der Waals surface area contributed by atoms with Crippen LogP contribution in [0, 0.1) is 10.8 Å². The number of nitrogens with one attached hydrogen (secondary N) is 1. The standard InChI is InChI=1S/C25H25N/c1-24(2,19-12-20-26)25(21-13-6-3-7-14-21,22-15-8-4-9-16-22)23-17-10-5-11-18-23/h3-20,26H,1-2H3/b19-12-,26-20?. The molecule has 26 heavy (non-hydrogen) atoms. The molecule has 0 heterocycles. The highest BCUT2D eigenvalue weighted by Gasteiger charge is 2.47. The van der Waals surface area contributed by atoms with Crippen LogP contribution in [0.25, 0.3) is 0 Å². The Hall–Kier alpha value is -2.93. The smallest absolute Gasteiger partial charge is 0.0536 e. The molecule has 0 saturated carbocycles. The maximum atomic E-state index is 7.49. The summed E-state index contributed by atoms with van der Waals surface area (Å²) in [7, 11) is 0. The maximum absolute atomic E-state index is 7.49. The van der Waals surface area contributed by atoms with Gasteiger partial charge in [0.25, 0.3) is 0 Å². The minimum absolute atomic E-state index is 0.255. The highest BCUT2D eigenvalue weighted by atomic mass is 14.5. The third-order valence-corrected chi connectivity index (χ3v) is 5.20. The van der Waals surface area contributed by atoms with Crippen molar-refractivity contribution in [3.8, 4) is 0 Å². The van der Waals surface area contributed by atoms with Crippen LogP contribution in [0.3, 0.4) is 0 Å². The molecule has 1 N–H and O–H groups in total. The second kappa shape index (κ2) is 7.53. The van der Waals surface area contributed by atoms with Gasteiger partial charge in [-0.15, -0.1) is 0 Å². The van der Waals surface area contributed by atoms with E-state index in [1.54, 1.807) is 0 Å². The van der Waals surface area contributed by atoms with Crippen LogP contribution in [-0.2, 0) is 5.41 Å². The van der Waals surface area contributed by atoms with Gasteiger partial charge in [0.2, 0.25) is 0 Å². The van der Waals surface area contributed by atoms with E-state index in [-0.39, 0.29) is 10.8 Å². The minimum atomic E-state index is -0.365. The van der Waals surface area contributed by atoms with Gasteiger partial charge in [0, 0.05) is 11.6 Å². The molecule has 0 spiro atoms. The fraction of sp³-hybridized carbons (Fsp3) is 0.160. The van der Waals surface area contributed by atoms with Crippen molar-refractivity contribution in [1.82, 2.24) is 0 Å². The van der Waals surface area contributed by atoms with Gasteiger partial charge in [-0.1, -0.05) is 111 Å². The van der Waals surface area contributed by atoms with Crippen molar-refractivity contribution in [1.29, 1.82) is 5.41 Å². The van der Waals surface area contributed by atoms with E-state index in [0.717, 1.165) is 0 Å². The summed E-state index contributed by atoms with van der Waals surface area (Å²) in [5, 5.41) is 7.49. The summed E-state index contributed by atoms with van der Waals surface area (Å²) >= 11 is 0. The van der Waals surface area contributed by atoms with Crippen LogP contribution in [0.15, 0.2) is 103 Å². The van der Waals surface area contributed by atoms with Crippen LogP contribution in [0.1, 0.15) is 30.5 Å². The lowest BCUT2D eigenvalue weighted by molar-refractivity contribution is 0.320. The van der Waals surface area contributed by atoms with Crippen molar-refractivity contribution in [2.75, 3.05) is 0 Å². The molecule has 0 aliphatic carbocycles. The largest absolute Gasteiger partial charge is 0.309 e. The first-order valence-electron chi connectivity index (χ1n) is 8.98. The number of rotatable bonds is 6. The highest BCUT2D eigenvalue weighted by Crippen LogP contribution is 2.52. The molecule has 0 aliphatic rings. The van der Waals surface area contributed by atoms with Gasteiger partial charge in [-0.3, -0.25) is 0 Å². The second-order valence-electron chi connectivity index (χ2n) is 7.10. The Labute approximate surface area is 156 Å². The van der Waals surface area contributed by atoms with Gasteiger partial charge in [0.1, 0.15) is 0 Å². The number of benzene rings is 3. The van der Waals surface area contributed by atoms with Crippen molar-refractivity contribution >= 4 is 6.21 Å². The first-order chi connectivity index (χ1) is 12.6. The lowest BCUT2D eigenvalue weighted by Gasteiger charge is -2.47. The van der Waals surface area contributed by atoms with Gasteiger partial charge >= 0.3 is 0 Å². The molecule has 0 unspecified atom stereocenters. The van der Waals surface area contributed by atoms with Gasteiger partial charge in [-0.25, -0.2) is 0 Å². The molecule has 130 valence electrons. The zero-order valence-corrected chi connectivity index (χ0v) is 15.4. The second-order valence-corrected chi connectivity index (χ2v) is 7.10. The summed E-state index contributed by atoms with van der Waals surface area (Å²) in [6.45, 7) is 4.50. The van der Waals surface area contributed by atoms with Crippen LogP contribution < -0.4 is 0 Å². The Morgan fingerprint density at radius 2 is 0.962 bits per heavy atom. The van der Waals surface area contributed by atoms with E-state index in [1.165, 1.54) is 22.9 Å². The van der Waals surface area contributed by atoms with E-state index in [2.05, 4.69) is 111 Å². The van der Waals surface area contributed by atoms with Gasteiger partial charge in [0.05, 0.1) is 5.41 Å². The van der Waals surface area contributed by atoms with Crippen LogP contribution in [0.4, 0.5) is 0 Å². The van der Waals surface area contributed by atoms with Crippen molar-refractivity contribution in [2.24, 2.45) is 5.41 Å². The molecule has 0 aliphatic heterocycles. The average molecular weight is 339 g/mol. The number of hydrogen-bond donors (Lipinski definition) is 1. The molecule has 0 fully saturated rings. The van der Waals surface area contributed by atoms with Gasteiger partial charge in [-0.2, -0.15) is 0 Å². The van der Waals surface area contributed by atoms with Crippen molar-refractivity contribution < 1.29 is 0 Å². The van der Waals surface area contributed by atoms with E-state index in [4.69, 9.17) is 5.41 Å². The predicted molar refractivity (Wildman–Crippen MR) is 111 cm³/mol. The molecule has 0 aromatic heterocycles. The summed E-state index contributed by atoms with van der Waals surface area (Å²) in [5.74, 6) is 0. The quantitative estimate of drug-likeness (QED) is 0.405. The molecule has 3 aromatic carbocycles. The summed E-state index contributed by atoms with van der Waals surface area (Å²) in [5.41, 5.74) is 3.12. The Kier molecular flexibility index (Phi) is 5.18. The normalized spacial score (nSPS) is 12.2. The van der Waals surface area contributed by atoms with Gasteiger partial charge in [0.15, 0.2) is 0 Å². The molecule has 0 radical (unpaired) electrons. The maximum Gasteiger partial charge on any atom is 0.0536 e. The Morgan fingerprint density at radius 1 is 0.615 bits per heavy atom. The fourth-order valence-corrected chi connectivity index (χ4v) is 4.09. The Morgan fingerprint density at radius 3 is 1.27 bits per heavy atom. The summed E-state index contributed by atoms with van der Waals surface area (Å²) < 4.78 is 0. The predicted octanol–water partition coefficient (Wildman–Crippen LogP) is 6.25.